The zero-order valence-electron chi connectivity index (χ0n) is 14.5. The average Bonchev–Trinajstić information content (AvgIpc) is 2.69. The number of hydrogen-bond acceptors (Lipinski definition) is 4. The van der Waals surface area contributed by atoms with Crippen molar-refractivity contribution >= 4 is 23.2 Å². The SMILES string of the molecule is O=C(Cc1ccc(Cl)cc1)NCC(O)c1ccc(N2CCOCC2)cc1. The summed E-state index contributed by atoms with van der Waals surface area (Å²) in [4.78, 5) is 14.3. The van der Waals surface area contributed by atoms with Crippen molar-refractivity contribution in [2.45, 2.75) is 12.5 Å². The topological polar surface area (TPSA) is 61.8 Å². The molecule has 138 valence electrons. The first kappa shape index (κ1) is 18.7. The van der Waals surface area contributed by atoms with Crippen LogP contribution in [0.15, 0.2) is 48.5 Å². The van der Waals surface area contributed by atoms with E-state index < -0.39 is 6.10 Å². The standard InChI is InChI=1S/C20H23ClN2O3/c21-17-5-1-15(2-6-17)13-20(25)22-14-19(24)16-3-7-18(8-4-16)23-9-11-26-12-10-23/h1-8,19,24H,9-14H2,(H,22,25). The lowest BCUT2D eigenvalue weighted by atomic mass is 10.1. The van der Waals surface area contributed by atoms with Crippen molar-refractivity contribution in [3.63, 3.8) is 0 Å². The molecule has 1 atom stereocenters. The monoisotopic (exact) mass is 374 g/mol. The number of aliphatic hydroxyl groups excluding tert-OH is 1. The molecule has 0 spiro atoms. The van der Waals surface area contributed by atoms with E-state index in [9.17, 15) is 9.90 Å². The quantitative estimate of drug-likeness (QED) is 0.815. The zero-order valence-corrected chi connectivity index (χ0v) is 15.3. The lowest BCUT2D eigenvalue weighted by Gasteiger charge is -2.29. The number of nitrogens with one attached hydrogen (secondary N) is 1. The Morgan fingerprint density at radius 2 is 1.77 bits per heavy atom. The van der Waals surface area contributed by atoms with E-state index >= 15 is 0 Å². The second kappa shape index (κ2) is 9.03. The van der Waals surface area contributed by atoms with Crippen molar-refractivity contribution in [3.8, 4) is 0 Å². The molecule has 0 radical (unpaired) electrons. The highest BCUT2D eigenvalue weighted by molar-refractivity contribution is 6.30. The molecule has 2 aromatic carbocycles. The first-order chi connectivity index (χ1) is 12.6. The summed E-state index contributed by atoms with van der Waals surface area (Å²) >= 11 is 5.84. The lowest BCUT2D eigenvalue weighted by Crippen LogP contribution is -2.36. The van der Waals surface area contributed by atoms with Crippen LogP contribution in [0.4, 0.5) is 5.69 Å². The number of morpholine rings is 1. The highest BCUT2D eigenvalue weighted by Gasteiger charge is 2.13. The molecular weight excluding hydrogens is 352 g/mol. The molecule has 0 bridgehead atoms. The van der Waals surface area contributed by atoms with Gasteiger partial charge in [-0.2, -0.15) is 0 Å². The number of carbonyl (C=O) groups is 1. The van der Waals surface area contributed by atoms with Crippen molar-refractivity contribution in [2.24, 2.45) is 0 Å². The van der Waals surface area contributed by atoms with Crippen LogP contribution in [-0.4, -0.2) is 43.9 Å². The molecule has 2 N–H and O–H groups in total. The van der Waals surface area contributed by atoms with Gasteiger partial charge in [0.1, 0.15) is 0 Å². The molecule has 2 aromatic rings. The van der Waals surface area contributed by atoms with E-state index in [0.29, 0.717) is 5.02 Å². The Bertz CT molecular complexity index is 713. The van der Waals surface area contributed by atoms with Gasteiger partial charge >= 0.3 is 0 Å². The van der Waals surface area contributed by atoms with Gasteiger partial charge < -0.3 is 20.1 Å². The number of hydrogen-bond donors (Lipinski definition) is 2. The normalized spacial score (nSPS) is 15.5. The molecule has 1 saturated heterocycles. The minimum absolute atomic E-state index is 0.128. The molecule has 1 unspecified atom stereocenters. The Hall–Kier alpha value is -2.08. The van der Waals surface area contributed by atoms with E-state index in [1.807, 2.05) is 36.4 Å². The largest absolute Gasteiger partial charge is 0.387 e. The first-order valence-electron chi connectivity index (χ1n) is 8.74. The van der Waals surface area contributed by atoms with Gasteiger partial charge in [0.2, 0.25) is 5.91 Å². The number of rotatable bonds is 6. The smallest absolute Gasteiger partial charge is 0.224 e. The van der Waals surface area contributed by atoms with Crippen LogP contribution in [0.3, 0.4) is 0 Å². The fourth-order valence-electron chi connectivity index (χ4n) is 2.91. The molecule has 3 rings (SSSR count). The molecule has 0 aromatic heterocycles. The molecule has 1 aliphatic heterocycles. The third kappa shape index (κ3) is 5.21. The molecular formula is C20H23ClN2O3. The van der Waals surface area contributed by atoms with Gasteiger partial charge in [-0.3, -0.25) is 4.79 Å². The Balaban J connectivity index is 1.48. The minimum atomic E-state index is -0.733. The summed E-state index contributed by atoms with van der Waals surface area (Å²) in [5.41, 5.74) is 2.79. The molecule has 1 aliphatic rings. The van der Waals surface area contributed by atoms with Crippen molar-refractivity contribution in [3.05, 3.63) is 64.7 Å². The molecule has 0 saturated carbocycles. The van der Waals surface area contributed by atoms with Gasteiger partial charge in [-0.05, 0) is 35.4 Å². The van der Waals surface area contributed by atoms with Crippen molar-refractivity contribution in [1.29, 1.82) is 0 Å². The maximum absolute atomic E-state index is 12.0. The summed E-state index contributed by atoms with van der Waals surface area (Å²) in [6.07, 6.45) is -0.470. The minimum Gasteiger partial charge on any atom is -0.387 e. The molecule has 1 heterocycles. The number of carbonyl (C=O) groups excluding carboxylic acids is 1. The lowest BCUT2D eigenvalue weighted by molar-refractivity contribution is -0.120. The van der Waals surface area contributed by atoms with Crippen LogP contribution in [0.25, 0.3) is 0 Å². The number of aliphatic hydroxyl groups is 1. The maximum atomic E-state index is 12.0. The van der Waals surface area contributed by atoms with Crippen molar-refractivity contribution in [2.75, 3.05) is 37.7 Å². The molecule has 1 amide bonds. The molecule has 26 heavy (non-hydrogen) atoms. The van der Waals surface area contributed by atoms with Gasteiger partial charge in [0.25, 0.3) is 0 Å². The highest BCUT2D eigenvalue weighted by atomic mass is 35.5. The summed E-state index contributed by atoms with van der Waals surface area (Å²) in [7, 11) is 0. The molecule has 0 aliphatic carbocycles. The van der Waals surface area contributed by atoms with Crippen molar-refractivity contribution in [1.82, 2.24) is 5.32 Å². The van der Waals surface area contributed by atoms with Crippen LogP contribution in [0.5, 0.6) is 0 Å². The predicted octanol–water partition coefficient (Wildman–Crippen LogP) is 2.57. The van der Waals surface area contributed by atoms with E-state index in [-0.39, 0.29) is 18.9 Å². The van der Waals surface area contributed by atoms with E-state index in [1.54, 1.807) is 12.1 Å². The van der Waals surface area contributed by atoms with Crippen LogP contribution >= 0.6 is 11.6 Å². The Morgan fingerprint density at radius 3 is 2.42 bits per heavy atom. The van der Waals surface area contributed by atoms with E-state index in [4.69, 9.17) is 16.3 Å². The van der Waals surface area contributed by atoms with Crippen LogP contribution in [0.2, 0.25) is 5.02 Å². The van der Waals surface area contributed by atoms with Crippen LogP contribution in [0.1, 0.15) is 17.2 Å². The van der Waals surface area contributed by atoms with Gasteiger partial charge in [0.05, 0.1) is 25.7 Å². The summed E-state index contributed by atoms with van der Waals surface area (Å²) in [6, 6.07) is 15.0. The summed E-state index contributed by atoms with van der Waals surface area (Å²) in [5.74, 6) is -0.128. The predicted molar refractivity (Wildman–Crippen MR) is 103 cm³/mol. The van der Waals surface area contributed by atoms with Gasteiger partial charge in [0.15, 0.2) is 0 Å². The van der Waals surface area contributed by atoms with Gasteiger partial charge in [-0.1, -0.05) is 35.9 Å². The van der Waals surface area contributed by atoms with Crippen LogP contribution in [0, 0.1) is 0 Å². The van der Waals surface area contributed by atoms with Gasteiger partial charge in [0, 0.05) is 30.3 Å². The van der Waals surface area contributed by atoms with E-state index in [0.717, 1.165) is 43.1 Å². The Labute approximate surface area is 158 Å². The van der Waals surface area contributed by atoms with Crippen molar-refractivity contribution < 1.29 is 14.6 Å². The number of halogens is 1. The fourth-order valence-corrected chi connectivity index (χ4v) is 3.03. The number of anilines is 1. The molecule has 5 nitrogen and oxygen atoms in total. The van der Waals surface area contributed by atoms with E-state index in [1.165, 1.54) is 0 Å². The number of nitrogens with zero attached hydrogens (tertiary/aromatic N) is 1. The Kier molecular flexibility index (Phi) is 6.50. The Morgan fingerprint density at radius 1 is 1.12 bits per heavy atom. The second-order valence-corrected chi connectivity index (χ2v) is 6.75. The van der Waals surface area contributed by atoms with Crippen LogP contribution < -0.4 is 10.2 Å². The van der Waals surface area contributed by atoms with E-state index in [2.05, 4.69) is 10.2 Å². The molecule has 1 fully saturated rings. The number of amides is 1. The summed E-state index contributed by atoms with van der Waals surface area (Å²) in [5, 5.41) is 13.7. The third-order valence-corrected chi connectivity index (χ3v) is 4.68. The fraction of sp³-hybridized carbons (Fsp3) is 0.350. The van der Waals surface area contributed by atoms with Gasteiger partial charge in [-0.15, -0.1) is 0 Å². The third-order valence-electron chi connectivity index (χ3n) is 4.42. The molecule has 6 heteroatoms. The van der Waals surface area contributed by atoms with Crippen LogP contribution in [-0.2, 0) is 16.0 Å². The average molecular weight is 375 g/mol. The zero-order chi connectivity index (χ0) is 18.4. The highest BCUT2D eigenvalue weighted by Crippen LogP contribution is 2.20. The second-order valence-electron chi connectivity index (χ2n) is 6.31. The maximum Gasteiger partial charge on any atom is 0.224 e. The number of benzene rings is 2. The van der Waals surface area contributed by atoms with Gasteiger partial charge in [-0.25, -0.2) is 0 Å². The summed E-state index contributed by atoms with van der Waals surface area (Å²) in [6.45, 7) is 3.42. The number of ether oxygens (including phenoxy) is 1. The first-order valence-corrected chi connectivity index (χ1v) is 9.11. The summed E-state index contributed by atoms with van der Waals surface area (Å²) < 4.78 is 5.36.